The first kappa shape index (κ1) is 65.3. The molecule has 0 saturated carbocycles. The number of carbonyl (C=O) groups is 7. The number of esters is 1. The van der Waals surface area contributed by atoms with E-state index in [4.69, 9.17) is 52.4 Å². The van der Waals surface area contributed by atoms with Crippen molar-refractivity contribution in [2.24, 2.45) is 0 Å². The van der Waals surface area contributed by atoms with Crippen molar-refractivity contribution in [1.29, 1.82) is 0 Å². The van der Waals surface area contributed by atoms with Crippen LogP contribution in [0.5, 0.6) is 5.75 Å². The van der Waals surface area contributed by atoms with E-state index in [1.54, 1.807) is 26.2 Å². The third-order valence-corrected chi connectivity index (χ3v) is 13.6. The summed E-state index contributed by atoms with van der Waals surface area (Å²) < 4.78 is 70.8. The smallest absolute Gasteiger partial charge is 0.343 e. The Labute approximate surface area is 479 Å². The SMILES string of the molecule is CC[C@@]1(O)C(=O)OCc2c1cc1n(c2=O)Cc2cc3c(CNC(=O)CCCNC(=O)[C@H](CCC(=O)NCCOCCOCCOCCOCCOCCOCCOCCOC)NC(=O)CCCN4C(=O)C=CC4=O)c(OC)c(F)cc3nc2-1. The van der Waals surface area contributed by atoms with E-state index in [9.17, 15) is 43.5 Å². The Morgan fingerprint density at radius 1 is 0.723 bits per heavy atom. The summed E-state index contributed by atoms with van der Waals surface area (Å²) in [4.78, 5) is 109. The maximum atomic E-state index is 15.6. The summed E-state index contributed by atoms with van der Waals surface area (Å²) in [6.45, 7) is 7.58. The lowest BCUT2D eigenvalue weighted by Gasteiger charge is -2.31. The molecular formula is C56H76FN7O19. The number of carbonyl (C=O) groups excluding carboxylic acids is 7. The number of nitrogens with one attached hydrogen (secondary N) is 4. The van der Waals surface area contributed by atoms with Crippen LogP contribution in [0.3, 0.4) is 0 Å². The second-order valence-corrected chi connectivity index (χ2v) is 19.3. The number of halogens is 1. The molecule has 0 unspecified atom stereocenters. The average Bonchev–Trinajstić information content (AvgIpc) is 2.10. The molecule has 3 aliphatic heterocycles. The molecule has 5 N–H and O–H groups in total. The second-order valence-electron chi connectivity index (χ2n) is 19.3. The zero-order chi connectivity index (χ0) is 59.6. The summed E-state index contributed by atoms with van der Waals surface area (Å²) in [5, 5.41) is 22.5. The van der Waals surface area contributed by atoms with Crippen LogP contribution in [0.25, 0.3) is 22.3 Å². The summed E-state index contributed by atoms with van der Waals surface area (Å²) in [6, 6.07) is 3.31. The highest BCUT2D eigenvalue weighted by Gasteiger charge is 2.45. The van der Waals surface area contributed by atoms with E-state index in [1.165, 1.54) is 17.7 Å². The zero-order valence-corrected chi connectivity index (χ0v) is 47.3. The minimum atomic E-state index is -2.03. The predicted molar refractivity (Wildman–Crippen MR) is 292 cm³/mol. The van der Waals surface area contributed by atoms with Crippen molar-refractivity contribution >= 4 is 52.3 Å². The molecule has 0 aliphatic carbocycles. The average molecular weight is 1170 g/mol. The molecule has 83 heavy (non-hydrogen) atoms. The number of fused-ring (bicyclic) bond motifs is 5. The minimum absolute atomic E-state index is 0.00396. The van der Waals surface area contributed by atoms with E-state index < -0.39 is 64.4 Å². The number of hydrogen-bond donors (Lipinski definition) is 5. The van der Waals surface area contributed by atoms with Crippen molar-refractivity contribution in [2.75, 3.05) is 133 Å². The quantitative estimate of drug-likeness (QED) is 0.0231. The lowest BCUT2D eigenvalue weighted by atomic mass is 9.86. The molecule has 3 aromatic rings. The molecule has 2 aromatic heterocycles. The van der Waals surface area contributed by atoms with Gasteiger partial charge in [-0.15, -0.1) is 0 Å². The fraction of sp³-hybridized carbons (Fsp3) is 0.589. The third kappa shape index (κ3) is 19.1. The molecule has 27 heteroatoms. The van der Waals surface area contributed by atoms with Crippen LogP contribution in [0.4, 0.5) is 4.39 Å². The molecular weight excluding hydrogens is 1090 g/mol. The number of nitrogens with zero attached hydrogens (tertiary/aromatic N) is 3. The Morgan fingerprint density at radius 3 is 1.89 bits per heavy atom. The van der Waals surface area contributed by atoms with Crippen molar-refractivity contribution in [3.8, 4) is 17.1 Å². The van der Waals surface area contributed by atoms with Crippen LogP contribution >= 0.6 is 0 Å². The second kappa shape index (κ2) is 34.1. The van der Waals surface area contributed by atoms with E-state index in [0.717, 1.165) is 17.1 Å². The number of imide groups is 1. The highest BCUT2D eigenvalue weighted by molar-refractivity contribution is 6.12. The number of pyridine rings is 2. The van der Waals surface area contributed by atoms with Gasteiger partial charge in [0.1, 0.15) is 12.6 Å². The largest absolute Gasteiger partial charge is 0.493 e. The van der Waals surface area contributed by atoms with Crippen molar-refractivity contribution in [3.63, 3.8) is 0 Å². The number of amides is 6. The van der Waals surface area contributed by atoms with Crippen LogP contribution in [-0.4, -0.2) is 200 Å². The fourth-order valence-corrected chi connectivity index (χ4v) is 9.17. The monoisotopic (exact) mass is 1170 g/mol. The van der Waals surface area contributed by atoms with Gasteiger partial charge in [-0.2, -0.15) is 0 Å². The maximum Gasteiger partial charge on any atom is 0.343 e. The Kier molecular flexibility index (Phi) is 26.8. The van der Waals surface area contributed by atoms with Gasteiger partial charge >= 0.3 is 5.97 Å². The van der Waals surface area contributed by atoms with Gasteiger partial charge in [-0.1, -0.05) is 6.92 Å². The van der Waals surface area contributed by atoms with Gasteiger partial charge in [0, 0.05) is 92.8 Å². The normalized spacial score (nSPS) is 15.5. The Bertz CT molecular complexity index is 2800. The lowest BCUT2D eigenvalue weighted by molar-refractivity contribution is -0.172. The summed E-state index contributed by atoms with van der Waals surface area (Å²) in [7, 11) is 2.91. The standard InChI is InChI=1S/C56H76FN7O19/c1-4-56(73)41-32-45-51-37(35-64(45)54(71)40(41)36-83-55(56)72)31-38-39(52(75-3)42(57)33-44(38)62-51)34-60-46(65)7-5-13-59-53(70)43(61-48(67)8-6-15-63-49(68)11-12-50(63)69)9-10-47(66)58-14-16-76-19-20-78-23-24-80-27-28-82-30-29-81-26-25-79-22-21-77-18-17-74-2/h11-12,31-33,43,73H,4-10,13-30,34-36H2,1-3H3,(H,58,66)(H,59,70)(H,60,65)(H,61,67)/t43-,56-/m0/s1. The molecule has 0 saturated heterocycles. The van der Waals surface area contributed by atoms with Gasteiger partial charge in [0.05, 0.1) is 135 Å². The van der Waals surface area contributed by atoms with Crippen LogP contribution < -0.4 is 31.6 Å². The first-order valence-corrected chi connectivity index (χ1v) is 27.7. The van der Waals surface area contributed by atoms with Crippen molar-refractivity contribution in [2.45, 2.75) is 83.2 Å². The molecule has 0 fully saturated rings. The molecule has 456 valence electrons. The fourth-order valence-electron chi connectivity index (χ4n) is 9.17. The minimum Gasteiger partial charge on any atom is -0.493 e. The molecule has 1 aromatic carbocycles. The highest BCUT2D eigenvalue weighted by atomic mass is 19.1. The Morgan fingerprint density at radius 2 is 1.30 bits per heavy atom. The molecule has 0 spiro atoms. The first-order valence-electron chi connectivity index (χ1n) is 27.7. The maximum absolute atomic E-state index is 15.6. The number of aliphatic hydroxyl groups is 1. The Balaban J connectivity index is 0.888. The topological polar surface area (TPSA) is 318 Å². The zero-order valence-electron chi connectivity index (χ0n) is 47.3. The third-order valence-electron chi connectivity index (χ3n) is 13.6. The van der Waals surface area contributed by atoms with E-state index in [0.29, 0.717) is 108 Å². The molecule has 0 radical (unpaired) electrons. The molecule has 26 nitrogen and oxygen atoms in total. The first-order chi connectivity index (χ1) is 40.2. The molecule has 5 heterocycles. The van der Waals surface area contributed by atoms with Gasteiger partial charge in [0.25, 0.3) is 17.4 Å². The number of aromatic nitrogens is 2. The number of hydrogen-bond acceptors (Lipinski definition) is 20. The van der Waals surface area contributed by atoms with Crippen LogP contribution in [0.2, 0.25) is 0 Å². The number of methoxy groups -OCH3 is 2. The van der Waals surface area contributed by atoms with Gasteiger partial charge < -0.3 is 78.3 Å². The van der Waals surface area contributed by atoms with Crippen molar-refractivity contribution in [1.82, 2.24) is 35.7 Å². The predicted octanol–water partition coefficient (Wildman–Crippen LogP) is 0.589. The van der Waals surface area contributed by atoms with Crippen molar-refractivity contribution < 1.29 is 90.4 Å². The van der Waals surface area contributed by atoms with Crippen LogP contribution in [0.1, 0.15) is 74.1 Å². The summed E-state index contributed by atoms with van der Waals surface area (Å²) >= 11 is 0. The van der Waals surface area contributed by atoms with Gasteiger partial charge in [0.2, 0.25) is 23.6 Å². The number of benzene rings is 1. The molecule has 0 bridgehead atoms. The summed E-state index contributed by atoms with van der Waals surface area (Å²) in [5.74, 6) is -4.72. The van der Waals surface area contributed by atoms with Crippen LogP contribution in [-0.2, 0) is 101 Å². The highest BCUT2D eigenvalue weighted by Crippen LogP contribution is 2.40. The van der Waals surface area contributed by atoms with E-state index in [1.807, 2.05) is 0 Å². The molecule has 2 atom stereocenters. The molecule has 6 amide bonds. The van der Waals surface area contributed by atoms with E-state index >= 15 is 4.39 Å². The molecule has 6 rings (SSSR count). The van der Waals surface area contributed by atoms with E-state index in [2.05, 4.69) is 21.3 Å². The number of cyclic esters (lactones) is 1. The number of rotatable bonds is 41. The van der Waals surface area contributed by atoms with Crippen molar-refractivity contribution in [3.05, 3.63) is 68.8 Å². The van der Waals surface area contributed by atoms with Gasteiger partial charge in [-0.05, 0) is 37.8 Å². The Hall–Kier alpha value is -6.82. The van der Waals surface area contributed by atoms with Gasteiger partial charge in [-0.3, -0.25) is 38.5 Å². The van der Waals surface area contributed by atoms with Crippen LogP contribution in [0.15, 0.2) is 35.1 Å². The summed E-state index contributed by atoms with van der Waals surface area (Å²) in [5.41, 5.74) is -0.416. The number of ether oxygens (including phenoxy) is 10. The van der Waals surface area contributed by atoms with Gasteiger partial charge in [-0.25, -0.2) is 14.2 Å². The van der Waals surface area contributed by atoms with Crippen LogP contribution in [0, 0.1) is 5.82 Å². The van der Waals surface area contributed by atoms with E-state index in [-0.39, 0.29) is 125 Å². The lowest BCUT2D eigenvalue weighted by Crippen LogP contribution is -2.47. The summed E-state index contributed by atoms with van der Waals surface area (Å²) in [6.07, 6.45) is 2.10. The molecule has 3 aliphatic rings. The van der Waals surface area contributed by atoms with Gasteiger partial charge in [0.15, 0.2) is 17.2 Å².